The van der Waals surface area contributed by atoms with Crippen molar-refractivity contribution in [3.8, 4) is 5.75 Å². The van der Waals surface area contributed by atoms with E-state index in [0.717, 1.165) is 16.9 Å². The predicted molar refractivity (Wildman–Crippen MR) is 136 cm³/mol. The van der Waals surface area contributed by atoms with Crippen LogP contribution in [0.4, 0.5) is 11.4 Å². The molecule has 1 aliphatic rings. The number of benzene rings is 1. The summed E-state index contributed by atoms with van der Waals surface area (Å²) < 4.78 is 12.6. The Balaban J connectivity index is 1.78. The second-order valence-electron chi connectivity index (χ2n) is 8.35. The van der Waals surface area contributed by atoms with Crippen LogP contribution >= 0.6 is 12.2 Å². The quantitative estimate of drug-likeness (QED) is 0.468. The second-order valence-corrected chi connectivity index (χ2v) is 8.73. The fraction of sp³-hybridized carbons (Fsp3) is 0.320. The number of ether oxygens (including phenoxy) is 2. The average molecular weight is 480 g/mol. The topological polar surface area (TPSA) is 80.7 Å². The highest BCUT2D eigenvalue weighted by Crippen LogP contribution is 2.43. The van der Waals surface area contributed by atoms with Gasteiger partial charge in [0.05, 0.1) is 30.6 Å². The minimum atomic E-state index is -0.267. The Morgan fingerprint density at radius 2 is 2.06 bits per heavy atom. The van der Waals surface area contributed by atoms with Crippen molar-refractivity contribution in [2.45, 2.75) is 32.0 Å². The lowest BCUT2D eigenvalue weighted by Crippen LogP contribution is -2.29. The van der Waals surface area contributed by atoms with Crippen molar-refractivity contribution in [3.63, 3.8) is 0 Å². The van der Waals surface area contributed by atoms with Crippen molar-refractivity contribution in [2.24, 2.45) is 0 Å². The SMILES string of the molecule is COCC(=O)Nc1cc(N2C(=S)N[C@@H](c3ccccn3)[C@H]2c2ccn(C(C)C)c2)ccc1OC. The van der Waals surface area contributed by atoms with Gasteiger partial charge < -0.3 is 29.6 Å². The first kappa shape index (κ1) is 23.7. The molecule has 0 bridgehead atoms. The molecule has 1 aliphatic heterocycles. The molecule has 2 atom stereocenters. The fourth-order valence-electron chi connectivity index (χ4n) is 4.16. The van der Waals surface area contributed by atoms with Crippen molar-refractivity contribution in [1.82, 2.24) is 14.9 Å². The van der Waals surface area contributed by atoms with Crippen LogP contribution < -0.4 is 20.3 Å². The van der Waals surface area contributed by atoms with Gasteiger partial charge in [-0.2, -0.15) is 0 Å². The lowest BCUT2D eigenvalue weighted by Gasteiger charge is -2.28. The van der Waals surface area contributed by atoms with Crippen LogP contribution in [0.5, 0.6) is 5.75 Å². The number of pyridine rings is 1. The summed E-state index contributed by atoms with van der Waals surface area (Å²) in [6.45, 7) is 4.24. The molecule has 0 saturated carbocycles. The van der Waals surface area contributed by atoms with E-state index in [1.165, 1.54) is 7.11 Å². The molecule has 178 valence electrons. The first-order valence-corrected chi connectivity index (χ1v) is 11.5. The maximum Gasteiger partial charge on any atom is 0.250 e. The number of methoxy groups -OCH3 is 2. The van der Waals surface area contributed by atoms with Gasteiger partial charge in [0.15, 0.2) is 5.11 Å². The summed E-state index contributed by atoms with van der Waals surface area (Å²) in [6.07, 6.45) is 6.02. The van der Waals surface area contributed by atoms with Gasteiger partial charge in [-0.15, -0.1) is 0 Å². The minimum Gasteiger partial charge on any atom is -0.495 e. The maximum atomic E-state index is 12.2. The van der Waals surface area contributed by atoms with Gasteiger partial charge in [0.1, 0.15) is 12.4 Å². The molecule has 34 heavy (non-hydrogen) atoms. The molecule has 1 amide bonds. The molecule has 1 aromatic carbocycles. The number of nitrogens with zero attached hydrogens (tertiary/aromatic N) is 3. The summed E-state index contributed by atoms with van der Waals surface area (Å²) in [7, 11) is 3.05. The molecule has 0 aliphatic carbocycles. The number of aromatic nitrogens is 2. The molecule has 4 rings (SSSR count). The van der Waals surface area contributed by atoms with Gasteiger partial charge in [0.25, 0.3) is 0 Å². The van der Waals surface area contributed by atoms with Crippen LogP contribution in [0.15, 0.2) is 61.1 Å². The lowest BCUT2D eigenvalue weighted by atomic mass is 9.98. The fourth-order valence-corrected chi connectivity index (χ4v) is 4.51. The molecule has 3 heterocycles. The molecule has 1 fully saturated rings. The monoisotopic (exact) mass is 479 g/mol. The van der Waals surface area contributed by atoms with Crippen molar-refractivity contribution in [2.75, 3.05) is 31.0 Å². The summed E-state index contributed by atoms with van der Waals surface area (Å²) in [5, 5.41) is 6.90. The number of rotatable bonds is 8. The summed E-state index contributed by atoms with van der Waals surface area (Å²) in [5.41, 5.74) is 3.38. The molecule has 3 aromatic rings. The normalized spacial score (nSPS) is 17.7. The molecule has 0 spiro atoms. The Morgan fingerprint density at radius 1 is 1.24 bits per heavy atom. The van der Waals surface area contributed by atoms with Gasteiger partial charge in [0.2, 0.25) is 5.91 Å². The zero-order chi connectivity index (χ0) is 24.2. The van der Waals surface area contributed by atoms with Crippen molar-refractivity contribution in [1.29, 1.82) is 0 Å². The van der Waals surface area contributed by atoms with E-state index in [1.807, 2.05) is 36.4 Å². The largest absolute Gasteiger partial charge is 0.495 e. The lowest BCUT2D eigenvalue weighted by molar-refractivity contribution is -0.119. The smallest absolute Gasteiger partial charge is 0.250 e. The maximum absolute atomic E-state index is 12.2. The molecule has 2 N–H and O–H groups in total. The van der Waals surface area contributed by atoms with Crippen molar-refractivity contribution in [3.05, 3.63) is 72.3 Å². The molecular formula is C25H29N5O3S. The third-order valence-corrected chi connectivity index (χ3v) is 6.10. The molecule has 1 saturated heterocycles. The Hall–Kier alpha value is -3.43. The summed E-state index contributed by atoms with van der Waals surface area (Å²) in [4.78, 5) is 18.9. The van der Waals surface area contributed by atoms with E-state index in [1.54, 1.807) is 13.3 Å². The number of anilines is 2. The van der Waals surface area contributed by atoms with Crippen LogP contribution in [0.3, 0.4) is 0 Å². The first-order valence-electron chi connectivity index (χ1n) is 11.1. The van der Waals surface area contributed by atoms with Gasteiger partial charge in [-0.05, 0) is 68.0 Å². The van der Waals surface area contributed by atoms with E-state index in [2.05, 4.69) is 57.4 Å². The van der Waals surface area contributed by atoms with E-state index in [9.17, 15) is 4.79 Å². The van der Waals surface area contributed by atoms with Gasteiger partial charge in [-0.1, -0.05) is 6.07 Å². The molecule has 0 radical (unpaired) electrons. The van der Waals surface area contributed by atoms with Crippen LogP contribution in [-0.2, 0) is 9.53 Å². The Labute approximate surface area is 204 Å². The van der Waals surface area contributed by atoms with E-state index in [4.69, 9.17) is 21.7 Å². The zero-order valence-corrected chi connectivity index (χ0v) is 20.5. The number of carbonyl (C=O) groups is 1. The zero-order valence-electron chi connectivity index (χ0n) is 19.7. The second kappa shape index (κ2) is 10.2. The third kappa shape index (κ3) is 4.76. The highest BCUT2D eigenvalue weighted by atomic mass is 32.1. The average Bonchev–Trinajstić information content (AvgIpc) is 3.44. The summed E-state index contributed by atoms with van der Waals surface area (Å²) >= 11 is 5.81. The van der Waals surface area contributed by atoms with Crippen LogP contribution in [0, 0.1) is 0 Å². The van der Waals surface area contributed by atoms with E-state index < -0.39 is 0 Å². The van der Waals surface area contributed by atoms with E-state index >= 15 is 0 Å². The minimum absolute atomic E-state index is 0.0514. The molecule has 8 nitrogen and oxygen atoms in total. The van der Waals surface area contributed by atoms with Gasteiger partial charge in [-0.25, -0.2) is 0 Å². The Kier molecular flexibility index (Phi) is 7.14. The summed E-state index contributed by atoms with van der Waals surface area (Å²) in [5.74, 6) is 0.284. The number of hydrogen-bond acceptors (Lipinski definition) is 5. The first-order chi connectivity index (χ1) is 16.4. The third-order valence-electron chi connectivity index (χ3n) is 5.78. The van der Waals surface area contributed by atoms with Gasteiger partial charge in [0, 0.05) is 37.4 Å². The van der Waals surface area contributed by atoms with E-state index in [-0.39, 0.29) is 24.6 Å². The number of hydrogen-bond donors (Lipinski definition) is 2. The van der Waals surface area contributed by atoms with Crippen LogP contribution in [0.2, 0.25) is 0 Å². The van der Waals surface area contributed by atoms with Crippen molar-refractivity contribution >= 4 is 34.6 Å². The van der Waals surface area contributed by atoms with Crippen LogP contribution in [-0.4, -0.2) is 41.4 Å². The summed E-state index contributed by atoms with van der Waals surface area (Å²) in [6, 6.07) is 13.7. The van der Waals surface area contributed by atoms with Gasteiger partial charge >= 0.3 is 0 Å². The van der Waals surface area contributed by atoms with Crippen LogP contribution in [0.1, 0.15) is 43.2 Å². The molecule has 2 aromatic heterocycles. The number of amides is 1. The number of carbonyl (C=O) groups excluding carboxylic acids is 1. The Bertz CT molecular complexity index is 1160. The van der Waals surface area contributed by atoms with Crippen LogP contribution in [0.25, 0.3) is 0 Å². The molecular weight excluding hydrogens is 450 g/mol. The standard InChI is InChI=1S/C25H29N5O3S/c1-16(2)29-12-10-17(14-29)24-23(19-7-5-6-11-26-19)28-25(34)30(24)18-8-9-21(33-4)20(13-18)27-22(31)15-32-3/h5-14,16,23-24H,15H2,1-4H3,(H,27,31)(H,28,34)/t23-,24+/m0/s1. The predicted octanol–water partition coefficient (Wildman–Crippen LogP) is 4.23. The molecule has 0 unspecified atom stereocenters. The highest BCUT2D eigenvalue weighted by Gasteiger charge is 2.41. The number of nitrogens with one attached hydrogen (secondary N) is 2. The molecule has 9 heteroatoms. The number of thiocarbonyl (C=S) groups is 1. The van der Waals surface area contributed by atoms with Gasteiger partial charge in [-0.3, -0.25) is 9.78 Å². The van der Waals surface area contributed by atoms with E-state index in [0.29, 0.717) is 22.6 Å². The Morgan fingerprint density at radius 3 is 2.71 bits per heavy atom. The highest BCUT2D eigenvalue weighted by molar-refractivity contribution is 7.80. The van der Waals surface area contributed by atoms with Crippen molar-refractivity contribution < 1.29 is 14.3 Å².